The number of hydrogen-bond acceptors (Lipinski definition) is 4. The van der Waals surface area contributed by atoms with Crippen molar-refractivity contribution < 1.29 is 9.90 Å². The lowest BCUT2D eigenvalue weighted by molar-refractivity contribution is -0.136. The number of thioether (sulfide) groups is 1. The fourth-order valence-electron chi connectivity index (χ4n) is 1.53. The van der Waals surface area contributed by atoms with Crippen molar-refractivity contribution in [2.45, 2.75) is 24.6 Å². The van der Waals surface area contributed by atoms with Crippen molar-refractivity contribution in [3.05, 3.63) is 0 Å². The Morgan fingerprint density at radius 3 is 3.07 bits per heavy atom. The molecule has 0 aromatic carbocycles. The van der Waals surface area contributed by atoms with Crippen molar-refractivity contribution in [1.82, 2.24) is 4.90 Å². The van der Waals surface area contributed by atoms with Crippen molar-refractivity contribution >= 4 is 17.7 Å². The van der Waals surface area contributed by atoms with Crippen LogP contribution in [0.25, 0.3) is 0 Å². The van der Waals surface area contributed by atoms with Gasteiger partial charge in [-0.25, -0.2) is 0 Å². The van der Waals surface area contributed by atoms with Gasteiger partial charge in [0.15, 0.2) is 0 Å². The van der Waals surface area contributed by atoms with Gasteiger partial charge in [0.1, 0.15) is 5.25 Å². The van der Waals surface area contributed by atoms with E-state index in [1.165, 1.54) is 11.8 Å². The third-order valence-electron chi connectivity index (χ3n) is 2.35. The van der Waals surface area contributed by atoms with Crippen LogP contribution in [0.15, 0.2) is 0 Å². The zero-order valence-corrected chi connectivity index (χ0v) is 8.96. The summed E-state index contributed by atoms with van der Waals surface area (Å²) < 4.78 is 0. The van der Waals surface area contributed by atoms with E-state index < -0.39 is 5.97 Å². The Hall–Kier alpha value is -0.730. The van der Waals surface area contributed by atoms with E-state index in [0.717, 1.165) is 18.7 Å². The predicted molar refractivity (Wildman–Crippen MR) is 55.1 cm³/mol. The molecule has 1 N–H and O–H groups in total. The highest BCUT2D eigenvalue weighted by Gasteiger charge is 2.29. The van der Waals surface area contributed by atoms with Gasteiger partial charge in [-0.3, -0.25) is 9.69 Å². The summed E-state index contributed by atoms with van der Waals surface area (Å²) in [5.74, 6) is 0.0299. The molecule has 1 fully saturated rings. The summed E-state index contributed by atoms with van der Waals surface area (Å²) in [6, 6.07) is 2.08. The van der Waals surface area contributed by atoms with Crippen LogP contribution in [0.5, 0.6) is 0 Å². The number of rotatable bonds is 3. The maximum Gasteiger partial charge on any atom is 0.317 e. The van der Waals surface area contributed by atoms with Crippen LogP contribution < -0.4 is 0 Å². The minimum absolute atomic E-state index is 0.127. The first-order valence-corrected chi connectivity index (χ1v) is 5.72. The average molecular weight is 214 g/mol. The van der Waals surface area contributed by atoms with Crippen molar-refractivity contribution in [3.8, 4) is 6.07 Å². The van der Waals surface area contributed by atoms with E-state index in [4.69, 9.17) is 10.4 Å². The molecule has 1 aliphatic rings. The Kier molecular flexibility index (Phi) is 4.23. The van der Waals surface area contributed by atoms with Crippen LogP contribution in [0.3, 0.4) is 0 Å². The van der Waals surface area contributed by atoms with E-state index in [1.807, 2.05) is 11.8 Å². The molecule has 0 bridgehead atoms. The molecule has 0 aromatic heterocycles. The van der Waals surface area contributed by atoms with Gasteiger partial charge in [0.2, 0.25) is 0 Å². The lowest BCUT2D eigenvalue weighted by Crippen LogP contribution is -2.46. The van der Waals surface area contributed by atoms with Crippen molar-refractivity contribution in [1.29, 1.82) is 5.26 Å². The van der Waals surface area contributed by atoms with E-state index >= 15 is 0 Å². The second kappa shape index (κ2) is 5.23. The Bertz CT molecular complexity index is 252. The van der Waals surface area contributed by atoms with E-state index in [9.17, 15) is 4.79 Å². The van der Waals surface area contributed by atoms with Gasteiger partial charge >= 0.3 is 5.97 Å². The first-order chi connectivity index (χ1) is 6.69. The number of carbonyl (C=O) groups is 1. The van der Waals surface area contributed by atoms with Crippen LogP contribution in [0.4, 0.5) is 0 Å². The zero-order chi connectivity index (χ0) is 10.6. The molecule has 0 radical (unpaired) electrons. The summed E-state index contributed by atoms with van der Waals surface area (Å²) in [6.45, 7) is 3.26. The Balaban J connectivity index is 2.55. The summed E-state index contributed by atoms with van der Waals surface area (Å²) in [5, 5.41) is 17.3. The Morgan fingerprint density at radius 1 is 1.86 bits per heavy atom. The lowest BCUT2D eigenvalue weighted by Gasteiger charge is -2.32. The number of nitrogens with zero attached hydrogens (tertiary/aromatic N) is 2. The molecule has 14 heavy (non-hydrogen) atoms. The highest BCUT2D eigenvalue weighted by atomic mass is 32.2. The van der Waals surface area contributed by atoms with Crippen LogP contribution in [0, 0.1) is 11.3 Å². The fourth-order valence-corrected chi connectivity index (χ4v) is 2.60. The molecular weight excluding hydrogens is 200 g/mol. The summed E-state index contributed by atoms with van der Waals surface area (Å²) in [7, 11) is 0. The highest BCUT2D eigenvalue weighted by Crippen LogP contribution is 2.21. The molecule has 0 spiro atoms. The second-order valence-corrected chi connectivity index (χ2v) is 4.56. The minimum atomic E-state index is -0.771. The normalized spacial score (nSPS) is 25.3. The van der Waals surface area contributed by atoms with Crippen LogP contribution in [-0.2, 0) is 4.79 Å². The topological polar surface area (TPSA) is 64.3 Å². The summed E-state index contributed by atoms with van der Waals surface area (Å²) in [4.78, 5) is 12.7. The first kappa shape index (κ1) is 11.3. The lowest BCUT2D eigenvalue weighted by atomic mass is 10.2. The summed E-state index contributed by atoms with van der Waals surface area (Å²) >= 11 is 1.46. The van der Waals surface area contributed by atoms with E-state index in [2.05, 4.69) is 6.07 Å². The van der Waals surface area contributed by atoms with Gasteiger partial charge < -0.3 is 5.11 Å². The zero-order valence-electron chi connectivity index (χ0n) is 8.14. The molecule has 1 rings (SSSR count). The molecule has 2 unspecified atom stereocenters. The maximum atomic E-state index is 10.8. The van der Waals surface area contributed by atoms with Gasteiger partial charge in [0, 0.05) is 18.8 Å². The SMILES string of the molecule is CCC(C#N)N1CCSC(C(=O)O)C1. The third kappa shape index (κ3) is 2.63. The molecule has 2 atom stereocenters. The smallest absolute Gasteiger partial charge is 0.317 e. The van der Waals surface area contributed by atoms with Crippen LogP contribution in [0.1, 0.15) is 13.3 Å². The first-order valence-electron chi connectivity index (χ1n) is 4.67. The number of carboxylic acids is 1. The van der Waals surface area contributed by atoms with Crippen molar-refractivity contribution in [2.24, 2.45) is 0 Å². The van der Waals surface area contributed by atoms with E-state index in [-0.39, 0.29) is 11.3 Å². The summed E-state index contributed by atoms with van der Waals surface area (Å²) in [5.41, 5.74) is 0. The van der Waals surface area contributed by atoms with Gasteiger partial charge in [-0.2, -0.15) is 5.26 Å². The largest absolute Gasteiger partial charge is 0.480 e. The number of hydrogen-bond donors (Lipinski definition) is 1. The van der Waals surface area contributed by atoms with Crippen molar-refractivity contribution in [3.63, 3.8) is 0 Å². The van der Waals surface area contributed by atoms with Crippen molar-refractivity contribution in [2.75, 3.05) is 18.8 Å². The van der Waals surface area contributed by atoms with Gasteiger partial charge in [-0.05, 0) is 6.42 Å². The molecule has 1 saturated heterocycles. The maximum absolute atomic E-state index is 10.8. The van der Waals surface area contributed by atoms with Gasteiger partial charge in [0.25, 0.3) is 0 Å². The fraction of sp³-hybridized carbons (Fsp3) is 0.778. The second-order valence-electron chi connectivity index (χ2n) is 3.25. The predicted octanol–water partition coefficient (Wildman–Crippen LogP) is 0.791. The molecule has 0 saturated carbocycles. The minimum Gasteiger partial charge on any atom is -0.480 e. The van der Waals surface area contributed by atoms with Gasteiger partial charge in [-0.15, -0.1) is 11.8 Å². The quantitative estimate of drug-likeness (QED) is 0.752. The number of aliphatic carboxylic acids is 1. The monoisotopic (exact) mass is 214 g/mol. The van der Waals surface area contributed by atoms with Gasteiger partial charge in [-0.1, -0.05) is 6.92 Å². The third-order valence-corrected chi connectivity index (χ3v) is 3.52. The molecule has 0 aliphatic carbocycles. The molecular formula is C9H14N2O2S. The van der Waals surface area contributed by atoms with Crippen LogP contribution in [-0.4, -0.2) is 46.1 Å². The molecule has 5 heteroatoms. The standard InChI is InChI=1S/C9H14N2O2S/c1-2-7(5-10)11-3-4-14-8(6-11)9(12)13/h7-8H,2-4,6H2,1H3,(H,12,13). The molecule has 78 valence electrons. The van der Waals surface area contributed by atoms with Crippen LogP contribution >= 0.6 is 11.8 Å². The average Bonchev–Trinajstić information content (AvgIpc) is 2.20. The Morgan fingerprint density at radius 2 is 2.57 bits per heavy atom. The van der Waals surface area contributed by atoms with Gasteiger partial charge in [0.05, 0.1) is 12.1 Å². The molecule has 1 aliphatic heterocycles. The van der Waals surface area contributed by atoms with E-state index in [0.29, 0.717) is 6.54 Å². The molecule has 1 heterocycles. The number of carboxylic acid groups (broad SMARTS) is 1. The summed E-state index contributed by atoms with van der Waals surface area (Å²) in [6.07, 6.45) is 0.757. The molecule has 4 nitrogen and oxygen atoms in total. The van der Waals surface area contributed by atoms with E-state index in [1.54, 1.807) is 0 Å². The highest BCUT2D eigenvalue weighted by molar-refractivity contribution is 8.00. The van der Waals surface area contributed by atoms with Crippen LogP contribution in [0.2, 0.25) is 0 Å². The molecule has 0 amide bonds. The number of nitriles is 1. The Labute approximate surface area is 87.9 Å². The molecule has 0 aromatic rings.